The first-order valence-corrected chi connectivity index (χ1v) is 7.64. The van der Waals surface area contributed by atoms with E-state index in [2.05, 4.69) is 46.4 Å². The lowest BCUT2D eigenvalue weighted by Crippen LogP contribution is -2.19. The maximum atomic E-state index is 8.56. The molecule has 160 valence electrons. The highest BCUT2D eigenvalue weighted by atomic mass is 17.2. The van der Waals surface area contributed by atoms with E-state index in [0.29, 0.717) is 13.2 Å². The Balaban J connectivity index is -0.000000144. The Morgan fingerprint density at radius 1 is 0.654 bits per heavy atom. The van der Waals surface area contributed by atoms with Crippen molar-refractivity contribution in [3.8, 4) is 0 Å². The largest absolute Gasteiger partial charge is 0.503 e. The van der Waals surface area contributed by atoms with Crippen LogP contribution in [0.15, 0.2) is 0 Å². The second-order valence-electron chi connectivity index (χ2n) is 8.41. The van der Waals surface area contributed by atoms with E-state index in [1.165, 1.54) is 0 Å². The lowest BCUT2D eigenvalue weighted by Gasteiger charge is -2.20. The van der Waals surface area contributed by atoms with Gasteiger partial charge in [-0.25, -0.2) is 24.3 Å². The number of hydrogen-bond acceptors (Lipinski definition) is 6. The standard InChI is InChI=1S/C10H22O2.C4H10O2.2CH2O3/c1-9(2,3)7-11-12-8-10(4,5)6;1-4(2,3)6-5;2*2-1(3)4/h7-8H2,1-6H3;5H,1-3H3;2*(H2,2,3,4). The average molecular weight is 388 g/mol. The fourth-order valence-corrected chi connectivity index (χ4v) is 0.437. The Morgan fingerprint density at radius 2 is 0.808 bits per heavy atom. The minimum atomic E-state index is -1.83. The fraction of sp³-hybridized carbons (Fsp3) is 0.875. The highest BCUT2D eigenvalue weighted by Gasteiger charge is 2.14. The summed E-state index contributed by atoms with van der Waals surface area (Å²) < 4.78 is 0. The number of carboxylic acid groups (broad SMARTS) is 4. The van der Waals surface area contributed by atoms with Crippen LogP contribution in [-0.4, -0.2) is 56.8 Å². The summed E-state index contributed by atoms with van der Waals surface area (Å²) in [5.74, 6) is 0. The second-order valence-corrected chi connectivity index (χ2v) is 8.41. The zero-order valence-corrected chi connectivity index (χ0v) is 17.2. The minimum absolute atomic E-state index is 0.178. The molecular weight excluding hydrogens is 352 g/mol. The van der Waals surface area contributed by atoms with Gasteiger partial charge in [-0.15, -0.1) is 0 Å². The monoisotopic (exact) mass is 388 g/mol. The Bertz CT molecular complexity index is 312. The van der Waals surface area contributed by atoms with Gasteiger partial charge in [0, 0.05) is 0 Å². The smallest absolute Gasteiger partial charge is 0.450 e. The molecular formula is C16H36O10. The van der Waals surface area contributed by atoms with E-state index >= 15 is 0 Å². The van der Waals surface area contributed by atoms with Crippen LogP contribution in [0.4, 0.5) is 9.59 Å². The van der Waals surface area contributed by atoms with Crippen molar-refractivity contribution in [2.24, 2.45) is 10.8 Å². The summed E-state index contributed by atoms with van der Waals surface area (Å²) in [5, 5.41) is 35.8. The molecule has 0 bridgehead atoms. The summed E-state index contributed by atoms with van der Waals surface area (Å²) in [5.41, 5.74) is -0.0459. The van der Waals surface area contributed by atoms with Crippen LogP contribution in [0.3, 0.4) is 0 Å². The molecule has 0 rings (SSSR count). The maximum absolute atomic E-state index is 8.56. The third kappa shape index (κ3) is 94.9. The molecule has 0 heterocycles. The maximum Gasteiger partial charge on any atom is 0.503 e. The average Bonchev–Trinajstić information content (AvgIpc) is 2.31. The summed E-state index contributed by atoms with van der Waals surface area (Å²) in [6.07, 6.45) is -3.67. The van der Waals surface area contributed by atoms with Crippen molar-refractivity contribution in [1.82, 2.24) is 0 Å². The van der Waals surface area contributed by atoms with Crippen molar-refractivity contribution in [3.05, 3.63) is 0 Å². The van der Waals surface area contributed by atoms with Gasteiger partial charge in [0.1, 0.15) is 0 Å². The lowest BCUT2D eigenvalue weighted by atomic mass is 9.98. The molecule has 0 aliphatic rings. The quantitative estimate of drug-likeness (QED) is 0.259. The number of rotatable bonds is 3. The van der Waals surface area contributed by atoms with Gasteiger partial charge in [0.25, 0.3) is 0 Å². The molecule has 0 aromatic heterocycles. The van der Waals surface area contributed by atoms with Crippen molar-refractivity contribution in [3.63, 3.8) is 0 Å². The molecule has 0 fully saturated rings. The molecule has 26 heavy (non-hydrogen) atoms. The van der Waals surface area contributed by atoms with Crippen LogP contribution in [0.25, 0.3) is 0 Å². The number of carbonyl (C=O) groups is 2. The van der Waals surface area contributed by atoms with Gasteiger partial charge >= 0.3 is 12.3 Å². The van der Waals surface area contributed by atoms with Crippen molar-refractivity contribution < 1.29 is 49.9 Å². The molecule has 0 aliphatic heterocycles. The number of hydrogen-bond donors (Lipinski definition) is 5. The van der Waals surface area contributed by atoms with Crippen LogP contribution in [0.5, 0.6) is 0 Å². The second kappa shape index (κ2) is 15.6. The predicted octanol–water partition coefficient (Wildman–Crippen LogP) is 4.75. The highest BCUT2D eigenvalue weighted by molar-refractivity contribution is 5.53. The van der Waals surface area contributed by atoms with Gasteiger partial charge in [-0.1, -0.05) is 41.5 Å². The molecule has 0 atom stereocenters. The molecule has 10 heteroatoms. The van der Waals surface area contributed by atoms with Crippen LogP contribution in [0, 0.1) is 10.8 Å². The molecule has 0 radical (unpaired) electrons. The van der Waals surface area contributed by atoms with Gasteiger partial charge in [0.05, 0.1) is 18.8 Å². The third-order valence-corrected chi connectivity index (χ3v) is 1.34. The highest BCUT2D eigenvalue weighted by Crippen LogP contribution is 2.16. The normalized spacial score (nSPS) is 10.8. The van der Waals surface area contributed by atoms with E-state index in [0.717, 1.165) is 0 Å². The van der Waals surface area contributed by atoms with Crippen LogP contribution in [0.1, 0.15) is 62.3 Å². The minimum Gasteiger partial charge on any atom is -0.450 e. The molecule has 0 saturated heterocycles. The van der Waals surface area contributed by atoms with Crippen molar-refractivity contribution in [2.75, 3.05) is 13.2 Å². The zero-order valence-electron chi connectivity index (χ0n) is 17.2. The summed E-state index contributed by atoms with van der Waals surface area (Å²) in [4.78, 5) is 31.2. The van der Waals surface area contributed by atoms with Gasteiger partial charge in [0.15, 0.2) is 0 Å². The topological polar surface area (TPSA) is 163 Å². The Labute approximate surface area is 155 Å². The van der Waals surface area contributed by atoms with Crippen molar-refractivity contribution >= 4 is 12.3 Å². The first-order chi connectivity index (χ1) is 11.2. The van der Waals surface area contributed by atoms with Crippen LogP contribution in [-0.2, 0) is 14.7 Å². The predicted molar refractivity (Wildman–Crippen MR) is 95.6 cm³/mol. The molecule has 0 unspecified atom stereocenters. The molecule has 10 nitrogen and oxygen atoms in total. The van der Waals surface area contributed by atoms with E-state index in [-0.39, 0.29) is 10.8 Å². The van der Waals surface area contributed by atoms with Gasteiger partial charge in [0.2, 0.25) is 0 Å². The Kier molecular flexibility index (Phi) is 19.3. The summed E-state index contributed by atoms with van der Waals surface area (Å²) in [6.45, 7) is 19.3. The summed E-state index contributed by atoms with van der Waals surface area (Å²) in [7, 11) is 0. The lowest BCUT2D eigenvalue weighted by molar-refractivity contribution is -0.318. The van der Waals surface area contributed by atoms with E-state index in [1.807, 2.05) is 0 Å². The van der Waals surface area contributed by atoms with Gasteiger partial charge < -0.3 is 20.4 Å². The summed E-state index contributed by atoms with van der Waals surface area (Å²) in [6, 6.07) is 0. The van der Waals surface area contributed by atoms with E-state index < -0.39 is 17.9 Å². The molecule has 0 amide bonds. The molecule has 5 N–H and O–H groups in total. The first-order valence-electron chi connectivity index (χ1n) is 7.64. The Morgan fingerprint density at radius 3 is 0.885 bits per heavy atom. The van der Waals surface area contributed by atoms with Crippen molar-refractivity contribution in [2.45, 2.75) is 67.9 Å². The SMILES string of the molecule is CC(C)(C)COOCC(C)(C)C.CC(C)(C)OO.O=C(O)O.O=C(O)O. The summed E-state index contributed by atoms with van der Waals surface area (Å²) >= 11 is 0. The zero-order chi connectivity index (χ0) is 22.2. The molecule has 0 saturated carbocycles. The molecule has 0 aliphatic carbocycles. The van der Waals surface area contributed by atoms with Crippen molar-refractivity contribution in [1.29, 1.82) is 0 Å². The molecule has 0 spiro atoms. The molecule has 0 aromatic rings. The van der Waals surface area contributed by atoms with E-state index in [4.69, 9.17) is 45.0 Å². The Hall–Kier alpha value is -1.62. The van der Waals surface area contributed by atoms with Gasteiger partial charge in [-0.05, 0) is 31.6 Å². The van der Waals surface area contributed by atoms with Gasteiger partial charge in [-0.2, -0.15) is 0 Å². The third-order valence-electron chi connectivity index (χ3n) is 1.34. The molecule has 0 aromatic carbocycles. The van der Waals surface area contributed by atoms with E-state index in [1.54, 1.807) is 20.8 Å². The van der Waals surface area contributed by atoms with E-state index in [9.17, 15) is 0 Å². The fourth-order valence-electron chi connectivity index (χ4n) is 0.437. The van der Waals surface area contributed by atoms with Crippen LogP contribution < -0.4 is 0 Å². The van der Waals surface area contributed by atoms with Crippen LogP contribution >= 0.6 is 0 Å². The van der Waals surface area contributed by atoms with Gasteiger partial charge in [-0.3, -0.25) is 5.26 Å². The van der Waals surface area contributed by atoms with Crippen LogP contribution in [0.2, 0.25) is 0 Å². The first kappa shape index (κ1) is 32.1.